The van der Waals surface area contributed by atoms with Gasteiger partial charge in [0.25, 0.3) is 0 Å². The van der Waals surface area contributed by atoms with E-state index in [9.17, 15) is 4.79 Å². The molecule has 0 radical (unpaired) electrons. The van der Waals surface area contributed by atoms with Gasteiger partial charge >= 0.3 is 0 Å². The van der Waals surface area contributed by atoms with E-state index in [1.54, 1.807) is 7.11 Å². The molecule has 2 aliphatic rings. The Bertz CT molecular complexity index is 512. The average molecular weight is 302 g/mol. The van der Waals surface area contributed by atoms with E-state index in [4.69, 9.17) is 4.74 Å². The zero-order valence-electron chi connectivity index (χ0n) is 13.4. The molecule has 2 heterocycles. The second kappa shape index (κ2) is 7.14. The predicted molar refractivity (Wildman–Crippen MR) is 86.9 cm³/mol. The first-order valence-electron chi connectivity index (χ1n) is 8.42. The predicted octanol–water partition coefficient (Wildman–Crippen LogP) is 2.75. The monoisotopic (exact) mass is 302 g/mol. The maximum Gasteiger partial charge on any atom is 0.223 e. The third-order valence-electron chi connectivity index (χ3n) is 4.98. The molecule has 0 saturated carbocycles. The third-order valence-corrected chi connectivity index (χ3v) is 4.98. The van der Waals surface area contributed by atoms with Crippen molar-refractivity contribution in [2.24, 2.45) is 5.92 Å². The third kappa shape index (κ3) is 3.43. The van der Waals surface area contributed by atoms with E-state index in [1.807, 2.05) is 12.1 Å². The normalized spacial score (nSPS) is 24.7. The molecule has 1 aromatic carbocycles. The lowest BCUT2D eigenvalue weighted by Gasteiger charge is -2.26. The van der Waals surface area contributed by atoms with Crippen molar-refractivity contribution in [1.29, 1.82) is 0 Å². The van der Waals surface area contributed by atoms with Gasteiger partial charge < -0.3 is 15.0 Å². The van der Waals surface area contributed by atoms with Crippen molar-refractivity contribution in [2.75, 3.05) is 26.7 Å². The fourth-order valence-electron chi connectivity index (χ4n) is 3.69. The van der Waals surface area contributed by atoms with Gasteiger partial charge in [-0.2, -0.15) is 0 Å². The molecule has 0 spiro atoms. The van der Waals surface area contributed by atoms with Crippen LogP contribution in [0, 0.1) is 5.92 Å². The molecule has 2 fully saturated rings. The molecule has 2 unspecified atom stereocenters. The summed E-state index contributed by atoms with van der Waals surface area (Å²) < 4.78 is 5.31. The van der Waals surface area contributed by atoms with Crippen LogP contribution in [0.15, 0.2) is 24.3 Å². The standard InChI is InChI=1S/C18H26N2O2/c1-22-16-5-2-4-15(12-16)17-6-3-11-20(17)18(21)8-7-14-9-10-19-13-14/h2,4-5,12,14,17,19H,3,6-11,13H2,1H3. The number of ether oxygens (including phenoxy) is 1. The zero-order valence-corrected chi connectivity index (χ0v) is 13.4. The lowest BCUT2D eigenvalue weighted by molar-refractivity contribution is -0.132. The lowest BCUT2D eigenvalue weighted by atomic mass is 10.0. The fraction of sp³-hybridized carbons (Fsp3) is 0.611. The van der Waals surface area contributed by atoms with Crippen molar-refractivity contribution in [3.63, 3.8) is 0 Å². The van der Waals surface area contributed by atoms with E-state index >= 15 is 0 Å². The number of benzene rings is 1. The number of hydrogen-bond donors (Lipinski definition) is 1. The quantitative estimate of drug-likeness (QED) is 0.909. The molecule has 2 aliphatic heterocycles. The summed E-state index contributed by atoms with van der Waals surface area (Å²) in [6.45, 7) is 3.07. The van der Waals surface area contributed by atoms with Gasteiger partial charge in [-0.3, -0.25) is 4.79 Å². The average Bonchev–Trinajstić information content (AvgIpc) is 3.24. The molecule has 1 aromatic rings. The van der Waals surface area contributed by atoms with Crippen LogP contribution in [0.2, 0.25) is 0 Å². The van der Waals surface area contributed by atoms with Crippen molar-refractivity contribution < 1.29 is 9.53 Å². The number of rotatable bonds is 5. The highest BCUT2D eigenvalue weighted by Crippen LogP contribution is 2.34. The molecule has 2 saturated heterocycles. The fourth-order valence-corrected chi connectivity index (χ4v) is 3.69. The van der Waals surface area contributed by atoms with Crippen molar-refractivity contribution in [3.05, 3.63) is 29.8 Å². The smallest absolute Gasteiger partial charge is 0.223 e. The molecule has 0 bridgehead atoms. The maximum absolute atomic E-state index is 12.6. The molecule has 4 nitrogen and oxygen atoms in total. The van der Waals surface area contributed by atoms with Gasteiger partial charge in [0.2, 0.25) is 5.91 Å². The molecule has 2 atom stereocenters. The largest absolute Gasteiger partial charge is 0.497 e. The number of likely N-dealkylation sites (tertiary alicyclic amines) is 1. The van der Waals surface area contributed by atoms with Gasteiger partial charge in [-0.1, -0.05) is 12.1 Å². The van der Waals surface area contributed by atoms with Crippen LogP contribution < -0.4 is 10.1 Å². The van der Waals surface area contributed by atoms with Crippen LogP contribution in [0.5, 0.6) is 5.75 Å². The molecular weight excluding hydrogens is 276 g/mol. The topological polar surface area (TPSA) is 41.6 Å². The Labute approximate surface area is 132 Å². The Morgan fingerprint density at radius 3 is 3.09 bits per heavy atom. The molecule has 1 N–H and O–H groups in total. The van der Waals surface area contributed by atoms with Crippen LogP contribution >= 0.6 is 0 Å². The van der Waals surface area contributed by atoms with Crippen molar-refractivity contribution in [2.45, 2.75) is 38.1 Å². The summed E-state index contributed by atoms with van der Waals surface area (Å²) in [6, 6.07) is 8.37. The van der Waals surface area contributed by atoms with E-state index in [0.29, 0.717) is 18.2 Å². The van der Waals surface area contributed by atoms with Crippen molar-refractivity contribution >= 4 is 5.91 Å². The molecule has 0 aliphatic carbocycles. The van der Waals surface area contributed by atoms with Crippen molar-refractivity contribution in [1.82, 2.24) is 10.2 Å². The molecular formula is C18H26N2O2. The van der Waals surface area contributed by atoms with Crippen LogP contribution in [0.3, 0.4) is 0 Å². The van der Waals surface area contributed by atoms with Crippen LogP contribution in [0.25, 0.3) is 0 Å². The van der Waals surface area contributed by atoms with Gasteiger partial charge in [0, 0.05) is 13.0 Å². The van der Waals surface area contributed by atoms with Crippen LogP contribution in [0.1, 0.15) is 43.7 Å². The number of methoxy groups -OCH3 is 1. The van der Waals surface area contributed by atoms with Crippen molar-refractivity contribution in [3.8, 4) is 5.75 Å². The minimum absolute atomic E-state index is 0.226. The maximum atomic E-state index is 12.6. The summed E-state index contributed by atoms with van der Waals surface area (Å²) in [5, 5.41) is 3.37. The zero-order chi connectivity index (χ0) is 15.4. The Morgan fingerprint density at radius 2 is 2.32 bits per heavy atom. The second-order valence-corrected chi connectivity index (χ2v) is 6.42. The van der Waals surface area contributed by atoms with Crippen LogP contribution in [-0.4, -0.2) is 37.6 Å². The first-order valence-corrected chi connectivity index (χ1v) is 8.42. The number of nitrogens with zero attached hydrogens (tertiary/aromatic N) is 1. The van der Waals surface area contributed by atoms with Crippen LogP contribution in [0.4, 0.5) is 0 Å². The van der Waals surface area contributed by atoms with E-state index in [0.717, 1.165) is 44.6 Å². The first kappa shape index (κ1) is 15.3. The molecule has 120 valence electrons. The summed E-state index contributed by atoms with van der Waals surface area (Å²) in [4.78, 5) is 14.7. The molecule has 22 heavy (non-hydrogen) atoms. The Balaban J connectivity index is 1.62. The van der Waals surface area contributed by atoms with Crippen LogP contribution in [-0.2, 0) is 4.79 Å². The minimum atomic E-state index is 0.226. The highest BCUT2D eigenvalue weighted by atomic mass is 16.5. The Kier molecular flexibility index (Phi) is 4.98. The molecule has 0 aromatic heterocycles. The number of carbonyl (C=O) groups is 1. The molecule has 3 rings (SSSR count). The molecule has 1 amide bonds. The summed E-state index contributed by atoms with van der Waals surface area (Å²) in [7, 11) is 1.69. The number of amides is 1. The van der Waals surface area contributed by atoms with Gasteiger partial charge in [-0.25, -0.2) is 0 Å². The van der Waals surface area contributed by atoms with Gasteiger partial charge in [0.15, 0.2) is 0 Å². The Morgan fingerprint density at radius 1 is 1.41 bits per heavy atom. The highest BCUT2D eigenvalue weighted by Gasteiger charge is 2.30. The van der Waals surface area contributed by atoms with E-state index in [1.165, 1.54) is 12.0 Å². The van der Waals surface area contributed by atoms with E-state index in [2.05, 4.69) is 22.3 Å². The lowest BCUT2D eigenvalue weighted by Crippen LogP contribution is -2.30. The number of nitrogens with one attached hydrogen (secondary N) is 1. The summed E-state index contributed by atoms with van der Waals surface area (Å²) in [5.41, 5.74) is 1.20. The Hall–Kier alpha value is -1.55. The first-order chi connectivity index (χ1) is 10.8. The van der Waals surface area contributed by atoms with Gasteiger partial charge in [-0.15, -0.1) is 0 Å². The number of carbonyl (C=O) groups excluding carboxylic acids is 1. The van der Waals surface area contributed by atoms with Gasteiger partial charge in [0.05, 0.1) is 13.2 Å². The highest BCUT2D eigenvalue weighted by molar-refractivity contribution is 5.77. The van der Waals surface area contributed by atoms with E-state index in [-0.39, 0.29) is 6.04 Å². The summed E-state index contributed by atoms with van der Waals surface area (Å²) >= 11 is 0. The SMILES string of the molecule is COc1cccc(C2CCCN2C(=O)CCC2CCNC2)c1. The number of hydrogen-bond acceptors (Lipinski definition) is 3. The minimum Gasteiger partial charge on any atom is -0.497 e. The summed E-state index contributed by atoms with van der Waals surface area (Å²) in [5.74, 6) is 1.87. The van der Waals surface area contributed by atoms with Gasteiger partial charge in [-0.05, 0) is 62.4 Å². The second-order valence-electron chi connectivity index (χ2n) is 6.42. The van der Waals surface area contributed by atoms with Gasteiger partial charge in [0.1, 0.15) is 5.75 Å². The van der Waals surface area contributed by atoms with E-state index < -0.39 is 0 Å². The molecule has 4 heteroatoms. The summed E-state index contributed by atoms with van der Waals surface area (Å²) in [6.07, 6.45) is 5.08.